The van der Waals surface area contributed by atoms with Crippen LogP contribution in [0.1, 0.15) is 39.5 Å². The van der Waals surface area contributed by atoms with E-state index in [9.17, 15) is 4.79 Å². The Morgan fingerprint density at radius 2 is 2.21 bits per heavy atom. The highest BCUT2D eigenvalue weighted by molar-refractivity contribution is 5.75. The number of methoxy groups -OCH3 is 1. The molecule has 1 unspecified atom stereocenters. The van der Waals surface area contributed by atoms with Gasteiger partial charge in [-0.25, -0.2) is 0 Å². The first-order chi connectivity index (χ1) is 6.63. The molecule has 3 heteroatoms. The first-order valence-electron chi connectivity index (χ1n) is 5.45. The Morgan fingerprint density at radius 3 is 2.57 bits per heavy atom. The van der Waals surface area contributed by atoms with E-state index in [4.69, 9.17) is 0 Å². The molecule has 14 heavy (non-hydrogen) atoms. The number of hydrogen-bond donors (Lipinski definition) is 1. The average molecular weight is 199 g/mol. The van der Waals surface area contributed by atoms with Crippen LogP contribution in [0.3, 0.4) is 0 Å². The summed E-state index contributed by atoms with van der Waals surface area (Å²) in [7, 11) is 1.43. The quantitative estimate of drug-likeness (QED) is 0.685. The van der Waals surface area contributed by atoms with Gasteiger partial charge < -0.3 is 10.1 Å². The third-order valence-corrected chi connectivity index (χ3v) is 3.50. The number of nitrogens with one attached hydrogen (secondary N) is 1. The molecule has 0 aromatic heterocycles. The van der Waals surface area contributed by atoms with Crippen molar-refractivity contribution in [1.82, 2.24) is 5.32 Å². The van der Waals surface area contributed by atoms with Crippen molar-refractivity contribution in [2.45, 2.75) is 45.6 Å². The highest BCUT2D eigenvalue weighted by atomic mass is 16.5. The molecule has 1 N–H and O–H groups in total. The molecule has 3 nitrogen and oxygen atoms in total. The predicted octanol–water partition coefficient (Wildman–Crippen LogP) is 1.72. The molecule has 0 radical (unpaired) electrons. The molecule has 0 saturated heterocycles. The fourth-order valence-electron chi connectivity index (χ4n) is 1.96. The molecule has 0 aromatic rings. The van der Waals surface area contributed by atoms with E-state index in [1.165, 1.54) is 32.8 Å². The van der Waals surface area contributed by atoms with Gasteiger partial charge in [-0.15, -0.1) is 0 Å². The highest BCUT2D eigenvalue weighted by Crippen LogP contribution is 2.43. The Kier molecular flexibility index (Phi) is 3.93. The van der Waals surface area contributed by atoms with E-state index < -0.39 is 0 Å². The Morgan fingerprint density at radius 1 is 1.57 bits per heavy atom. The lowest BCUT2D eigenvalue weighted by Crippen LogP contribution is -2.45. The van der Waals surface area contributed by atoms with Crippen LogP contribution in [0.2, 0.25) is 0 Å². The van der Waals surface area contributed by atoms with E-state index >= 15 is 0 Å². The molecule has 0 aromatic carbocycles. The van der Waals surface area contributed by atoms with E-state index in [2.05, 4.69) is 17.0 Å². The van der Waals surface area contributed by atoms with Crippen LogP contribution in [0.15, 0.2) is 0 Å². The Bertz CT molecular complexity index is 194. The number of ether oxygens (including phenoxy) is 1. The number of esters is 1. The van der Waals surface area contributed by atoms with Crippen molar-refractivity contribution in [1.29, 1.82) is 0 Å². The normalized spacial score (nSPS) is 21.1. The summed E-state index contributed by atoms with van der Waals surface area (Å²) < 4.78 is 4.66. The van der Waals surface area contributed by atoms with Crippen LogP contribution in [-0.2, 0) is 9.53 Å². The summed E-state index contributed by atoms with van der Waals surface area (Å²) in [6.45, 7) is 5.03. The number of hydrogen-bond acceptors (Lipinski definition) is 3. The third kappa shape index (κ3) is 2.47. The molecule has 0 spiro atoms. The van der Waals surface area contributed by atoms with Gasteiger partial charge in [0.05, 0.1) is 7.11 Å². The van der Waals surface area contributed by atoms with Crippen LogP contribution < -0.4 is 5.32 Å². The summed E-state index contributed by atoms with van der Waals surface area (Å²) in [4.78, 5) is 11.1. The molecule has 1 saturated carbocycles. The summed E-state index contributed by atoms with van der Waals surface area (Å²) in [5.41, 5.74) is 0.461. The lowest BCUT2D eigenvalue weighted by molar-refractivity contribution is -0.142. The standard InChI is InChI=1S/C11H21NO2/c1-4-11(6-5-7-11)8-12-9(2)10(13)14-3/h9,12H,4-8H2,1-3H3. The van der Waals surface area contributed by atoms with Gasteiger partial charge in [-0.3, -0.25) is 4.79 Å². The van der Waals surface area contributed by atoms with E-state index in [-0.39, 0.29) is 12.0 Å². The molecule has 1 atom stereocenters. The van der Waals surface area contributed by atoms with Crippen molar-refractivity contribution in [2.24, 2.45) is 5.41 Å². The average Bonchev–Trinajstić information content (AvgIpc) is 2.15. The number of rotatable bonds is 5. The Balaban J connectivity index is 2.28. The lowest BCUT2D eigenvalue weighted by Gasteiger charge is -2.42. The molecule has 1 aliphatic rings. The summed E-state index contributed by atoms with van der Waals surface area (Å²) >= 11 is 0. The minimum Gasteiger partial charge on any atom is -0.468 e. The maximum atomic E-state index is 11.1. The van der Waals surface area contributed by atoms with E-state index in [0.29, 0.717) is 5.41 Å². The van der Waals surface area contributed by atoms with Crippen molar-refractivity contribution in [3.63, 3.8) is 0 Å². The van der Waals surface area contributed by atoms with Crippen LogP contribution in [-0.4, -0.2) is 25.7 Å². The molecule has 0 heterocycles. The second-order valence-corrected chi connectivity index (χ2v) is 4.33. The maximum absolute atomic E-state index is 11.1. The van der Waals surface area contributed by atoms with Gasteiger partial charge >= 0.3 is 5.97 Å². The van der Waals surface area contributed by atoms with Crippen LogP contribution in [0.5, 0.6) is 0 Å². The predicted molar refractivity (Wildman–Crippen MR) is 56.1 cm³/mol. The zero-order valence-electron chi connectivity index (χ0n) is 9.43. The fraction of sp³-hybridized carbons (Fsp3) is 0.909. The van der Waals surface area contributed by atoms with E-state index in [1.807, 2.05) is 6.92 Å². The van der Waals surface area contributed by atoms with Crippen molar-refractivity contribution >= 4 is 5.97 Å². The van der Waals surface area contributed by atoms with E-state index in [0.717, 1.165) is 6.54 Å². The second kappa shape index (κ2) is 4.78. The molecule has 82 valence electrons. The maximum Gasteiger partial charge on any atom is 0.322 e. The molecular weight excluding hydrogens is 178 g/mol. The Labute approximate surface area is 86.2 Å². The molecule has 1 rings (SSSR count). The molecule has 0 bridgehead atoms. The molecule has 1 aliphatic carbocycles. The minimum absolute atomic E-state index is 0.171. The second-order valence-electron chi connectivity index (χ2n) is 4.33. The molecular formula is C11H21NO2. The van der Waals surface area contributed by atoms with Crippen molar-refractivity contribution in [3.8, 4) is 0 Å². The van der Waals surface area contributed by atoms with Gasteiger partial charge in [-0.1, -0.05) is 13.3 Å². The summed E-state index contributed by atoms with van der Waals surface area (Å²) in [6.07, 6.45) is 5.13. The monoisotopic (exact) mass is 199 g/mol. The van der Waals surface area contributed by atoms with Gasteiger partial charge in [0.15, 0.2) is 0 Å². The third-order valence-electron chi connectivity index (χ3n) is 3.50. The van der Waals surface area contributed by atoms with E-state index in [1.54, 1.807) is 0 Å². The van der Waals surface area contributed by atoms with Crippen LogP contribution in [0.25, 0.3) is 0 Å². The van der Waals surface area contributed by atoms with Gasteiger partial charge in [-0.2, -0.15) is 0 Å². The van der Waals surface area contributed by atoms with Crippen molar-refractivity contribution in [2.75, 3.05) is 13.7 Å². The highest BCUT2D eigenvalue weighted by Gasteiger charge is 2.35. The minimum atomic E-state index is -0.177. The lowest BCUT2D eigenvalue weighted by atomic mass is 9.67. The Hall–Kier alpha value is -0.570. The topological polar surface area (TPSA) is 38.3 Å². The first kappa shape index (κ1) is 11.5. The molecule has 0 aliphatic heterocycles. The number of carbonyl (C=O) groups is 1. The molecule has 0 amide bonds. The van der Waals surface area contributed by atoms with Crippen LogP contribution in [0, 0.1) is 5.41 Å². The van der Waals surface area contributed by atoms with Gasteiger partial charge in [0.1, 0.15) is 6.04 Å². The van der Waals surface area contributed by atoms with Crippen molar-refractivity contribution in [3.05, 3.63) is 0 Å². The zero-order chi connectivity index (χ0) is 10.6. The number of carbonyl (C=O) groups excluding carboxylic acids is 1. The summed E-state index contributed by atoms with van der Waals surface area (Å²) in [5.74, 6) is -0.171. The van der Waals surface area contributed by atoms with Crippen LogP contribution in [0.4, 0.5) is 0 Å². The first-order valence-corrected chi connectivity index (χ1v) is 5.45. The summed E-state index contributed by atoms with van der Waals surface area (Å²) in [6, 6.07) is -0.177. The zero-order valence-corrected chi connectivity index (χ0v) is 9.43. The summed E-state index contributed by atoms with van der Waals surface area (Å²) in [5, 5.41) is 3.25. The van der Waals surface area contributed by atoms with Gasteiger partial charge in [0, 0.05) is 6.54 Å². The smallest absolute Gasteiger partial charge is 0.322 e. The van der Waals surface area contributed by atoms with Crippen LogP contribution >= 0.6 is 0 Å². The largest absolute Gasteiger partial charge is 0.468 e. The van der Waals surface area contributed by atoms with Gasteiger partial charge in [0.25, 0.3) is 0 Å². The van der Waals surface area contributed by atoms with Gasteiger partial charge in [-0.05, 0) is 31.6 Å². The fourth-order valence-corrected chi connectivity index (χ4v) is 1.96. The molecule has 1 fully saturated rings. The van der Waals surface area contributed by atoms with Crippen molar-refractivity contribution < 1.29 is 9.53 Å². The SMILES string of the molecule is CCC1(CNC(C)C(=O)OC)CCC1. The van der Waals surface area contributed by atoms with Gasteiger partial charge in [0.2, 0.25) is 0 Å².